The Balaban J connectivity index is 2.32. The van der Waals surface area contributed by atoms with Crippen molar-refractivity contribution < 1.29 is 13.0 Å². The molecule has 0 aromatic heterocycles. The Labute approximate surface area is 103 Å². The SMILES string of the molecule is O=S(=O)(O)C(c1ccccc1)C1CCCCC1. The van der Waals surface area contributed by atoms with Gasteiger partial charge in [-0.1, -0.05) is 49.6 Å². The third kappa shape index (κ3) is 3.07. The van der Waals surface area contributed by atoms with Crippen molar-refractivity contribution in [3.05, 3.63) is 35.9 Å². The molecule has 0 heterocycles. The van der Waals surface area contributed by atoms with Gasteiger partial charge in [-0.25, -0.2) is 0 Å². The van der Waals surface area contributed by atoms with E-state index in [1.807, 2.05) is 18.2 Å². The van der Waals surface area contributed by atoms with Gasteiger partial charge in [-0.2, -0.15) is 8.42 Å². The molecule has 0 saturated heterocycles. The minimum atomic E-state index is -4.02. The summed E-state index contributed by atoms with van der Waals surface area (Å²) < 4.78 is 32.6. The first-order valence-corrected chi connectivity index (χ1v) is 7.60. The molecule has 2 rings (SSSR count). The quantitative estimate of drug-likeness (QED) is 0.843. The topological polar surface area (TPSA) is 54.4 Å². The monoisotopic (exact) mass is 254 g/mol. The van der Waals surface area contributed by atoms with Gasteiger partial charge in [0.15, 0.2) is 0 Å². The molecule has 0 bridgehead atoms. The molecule has 4 heteroatoms. The van der Waals surface area contributed by atoms with Crippen LogP contribution < -0.4 is 0 Å². The lowest BCUT2D eigenvalue weighted by atomic mass is 9.84. The van der Waals surface area contributed by atoms with Crippen molar-refractivity contribution in [2.75, 3.05) is 0 Å². The number of benzene rings is 1. The maximum Gasteiger partial charge on any atom is 0.272 e. The molecular formula is C13H18O3S. The predicted molar refractivity (Wildman–Crippen MR) is 67.3 cm³/mol. The van der Waals surface area contributed by atoms with Crippen LogP contribution in [0.1, 0.15) is 42.9 Å². The molecule has 17 heavy (non-hydrogen) atoms. The van der Waals surface area contributed by atoms with Crippen molar-refractivity contribution in [2.45, 2.75) is 37.4 Å². The lowest BCUT2D eigenvalue weighted by molar-refractivity contribution is 0.329. The standard InChI is InChI=1S/C13H18O3S/c14-17(15,16)13(11-7-3-1-4-8-11)12-9-5-2-6-10-12/h1,3-4,7-8,12-13H,2,5-6,9-10H2,(H,14,15,16). The van der Waals surface area contributed by atoms with E-state index in [2.05, 4.69) is 0 Å². The average Bonchev–Trinajstić information content (AvgIpc) is 2.30. The Morgan fingerprint density at radius 3 is 2.18 bits per heavy atom. The highest BCUT2D eigenvalue weighted by Gasteiger charge is 2.34. The summed E-state index contributed by atoms with van der Waals surface area (Å²) in [6.45, 7) is 0. The van der Waals surface area contributed by atoms with Crippen molar-refractivity contribution in [3.63, 3.8) is 0 Å². The van der Waals surface area contributed by atoms with Crippen LogP contribution >= 0.6 is 0 Å². The lowest BCUT2D eigenvalue weighted by Gasteiger charge is -2.28. The highest BCUT2D eigenvalue weighted by molar-refractivity contribution is 7.86. The van der Waals surface area contributed by atoms with E-state index >= 15 is 0 Å². The Bertz CT molecular complexity index is 447. The Kier molecular flexibility index (Phi) is 3.84. The second-order valence-electron chi connectivity index (χ2n) is 4.74. The van der Waals surface area contributed by atoms with E-state index in [9.17, 15) is 13.0 Å². The van der Waals surface area contributed by atoms with Crippen LogP contribution in [0.2, 0.25) is 0 Å². The first-order valence-electron chi connectivity index (χ1n) is 6.10. The van der Waals surface area contributed by atoms with Crippen LogP contribution in [0.25, 0.3) is 0 Å². The summed E-state index contributed by atoms with van der Waals surface area (Å²) in [7, 11) is -4.02. The molecule has 0 aliphatic heterocycles. The first-order chi connectivity index (χ1) is 8.09. The van der Waals surface area contributed by atoms with Crippen LogP contribution in [0.4, 0.5) is 0 Å². The molecule has 94 valence electrons. The summed E-state index contributed by atoms with van der Waals surface area (Å²) in [6.07, 6.45) is 5.06. The molecule has 0 amide bonds. The second kappa shape index (κ2) is 5.19. The molecule has 1 N–H and O–H groups in total. The van der Waals surface area contributed by atoms with E-state index in [0.29, 0.717) is 5.56 Å². The van der Waals surface area contributed by atoms with Gasteiger partial charge in [0.2, 0.25) is 0 Å². The predicted octanol–water partition coefficient (Wildman–Crippen LogP) is 3.20. The maximum absolute atomic E-state index is 11.6. The van der Waals surface area contributed by atoms with Gasteiger partial charge in [0, 0.05) is 0 Å². The van der Waals surface area contributed by atoms with Gasteiger partial charge >= 0.3 is 0 Å². The molecule has 1 atom stereocenters. The molecule has 1 aliphatic rings. The molecule has 1 aliphatic carbocycles. The second-order valence-corrected chi connectivity index (χ2v) is 6.28. The minimum Gasteiger partial charge on any atom is -0.285 e. The highest BCUT2D eigenvalue weighted by Crippen LogP contribution is 2.38. The van der Waals surface area contributed by atoms with Crippen molar-refractivity contribution in [1.82, 2.24) is 0 Å². The van der Waals surface area contributed by atoms with Crippen LogP contribution in [-0.4, -0.2) is 13.0 Å². The summed E-state index contributed by atoms with van der Waals surface area (Å²) in [6, 6.07) is 9.05. The number of hydrogen-bond acceptors (Lipinski definition) is 2. The molecule has 1 aromatic carbocycles. The van der Waals surface area contributed by atoms with Gasteiger partial charge in [-0.3, -0.25) is 4.55 Å². The Morgan fingerprint density at radius 1 is 1.06 bits per heavy atom. The van der Waals surface area contributed by atoms with Crippen LogP contribution in [0.5, 0.6) is 0 Å². The van der Waals surface area contributed by atoms with E-state index < -0.39 is 15.4 Å². The zero-order valence-electron chi connectivity index (χ0n) is 9.75. The molecule has 1 fully saturated rings. The van der Waals surface area contributed by atoms with Gasteiger partial charge in [-0.15, -0.1) is 0 Å². The van der Waals surface area contributed by atoms with Gasteiger partial charge in [0.25, 0.3) is 10.1 Å². The first kappa shape index (κ1) is 12.6. The zero-order valence-corrected chi connectivity index (χ0v) is 10.6. The maximum atomic E-state index is 11.6. The number of hydrogen-bond donors (Lipinski definition) is 1. The van der Waals surface area contributed by atoms with Crippen LogP contribution in [0.3, 0.4) is 0 Å². The van der Waals surface area contributed by atoms with Gasteiger partial charge in [0.1, 0.15) is 5.25 Å². The Hall–Kier alpha value is -0.870. The molecule has 1 unspecified atom stereocenters. The van der Waals surface area contributed by atoms with E-state index in [1.54, 1.807) is 12.1 Å². The van der Waals surface area contributed by atoms with Crippen molar-refractivity contribution in [2.24, 2.45) is 5.92 Å². The largest absolute Gasteiger partial charge is 0.285 e. The molecule has 3 nitrogen and oxygen atoms in total. The van der Waals surface area contributed by atoms with Gasteiger partial charge in [-0.05, 0) is 24.3 Å². The molecular weight excluding hydrogens is 236 g/mol. The van der Waals surface area contributed by atoms with E-state index in [4.69, 9.17) is 0 Å². The molecule has 0 spiro atoms. The average molecular weight is 254 g/mol. The van der Waals surface area contributed by atoms with Gasteiger partial charge < -0.3 is 0 Å². The summed E-state index contributed by atoms with van der Waals surface area (Å²) in [4.78, 5) is 0. The summed E-state index contributed by atoms with van der Waals surface area (Å²) in [5.41, 5.74) is 0.710. The van der Waals surface area contributed by atoms with Crippen molar-refractivity contribution >= 4 is 10.1 Å². The van der Waals surface area contributed by atoms with Crippen molar-refractivity contribution in [1.29, 1.82) is 0 Å². The molecule has 0 radical (unpaired) electrons. The van der Waals surface area contributed by atoms with E-state index in [-0.39, 0.29) is 5.92 Å². The smallest absolute Gasteiger partial charge is 0.272 e. The fourth-order valence-electron chi connectivity index (χ4n) is 2.77. The van der Waals surface area contributed by atoms with Crippen LogP contribution in [0.15, 0.2) is 30.3 Å². The fraction of sp³-hybridized carbons (Fsp3) is 0.538. The van der Waals surface area contributed by atoms with Crippen LogP contribution in [-0.2, 0) is 10.1 Å². The van der Waals surface area contributed by atoms with E-state index in [0.717, 1.165) is 25.7 Å². The third-order valence-electron chi connectivity index (χ3n) is 3.53. The van der Waals surface area contributed by atoms with Crippen molar-refractivity contribution in [3.8, 4) is 0 Å². The van der Waals surface area contributed by atoms with E-state index in [1.165, 1.54) is 6.42 Å². The van der Waals surface area contributed by atoms with Crippen LogP contribution in [0, 0.1) is 5.92 Å². The Morgan fingerprint density at radius 2 is 1.65 bits per heavy atom. The third-order valence-corrected chi connectivity index (χ3v) is 4.83. The summed E-state index contributed by atoms with van der Waals surface area (Å²) in [5, 5.41) is -0.746. The summed E-state index contributed by atoms with van der Waals surface area (Å²) >= 11 is 0. The molecule has 1 aromatic rings. The molecule has 1 saturated carbocycles. The minimum absolute atomic E-state index is 0.0566. The normalized spacial score (nSPS) is 20.1. The van der Waals surface area contributed by atoms with Gasteiger partial charge in [0.05, 0.1) is 0 Å². The summed E-state index contributed by atoms with van der Waals surface area (Å²) in [5.74, 6) is 0.0566. The fourth-order valence-corrected chi connectivity index (χ4v) is 4.03. The lowest BCUT2D eigenvalue weighted by Crippen LogP contribution is -2.23. The highest BCUT2D eigenvalue weighted by atomic mass is 32.2. The number of rotatable bonds is 3. The zero-order chi connectivity index (χ0) is 12.3.